The molecule has 1 aromatic heterocycles. The Bertz CT molecular complexity index is 696. The van der Waals surface area contributed by atoms with Crippen LogP contribution in [0.5, 0.6) is 11.5 Å². The number of benzene rings is 1. The summed E-state index contributed by atoms with van der Waals surface area (Å²) in [6.07, 6.45) is 3.09. The summed E-state index contributed by atoms with van der Waals surface area (Å²) in [6, 6.07) is 6.02. The van der Waals surface area contributed by atoms with Crippen molar-refractivity contribution in [2.24, 2.45) is 0 Å². The Morgan fingerprint density at radius 1 is 1.38 bits per heavy atom. The summed E-state index contributed by atoms with van der Waals surface area (Å²) in [5, 5.41) is 14.6. The van der Waals surface area contributed by atoms with Gasteiger partial charge in [-0.15, -0.1) is 0 Å². The minimum atomic E-state index is 0.253. The molecule has 0 amide bonds. The van der Waals surface area contributed by atoms with Crippen LogP contribution < -0.4 is 4.74 Å². The molecule has 24 heavy (non-hydrogen) atoms. The molecule has 5 nitrogen and oxygen atoms in total. The number of phenols is 1. The molecular formula is C19H26N2O3. The molecule has 0 spiro atoms. The number of hydrogen-bond donors (Lipinski definition) is 1. The highest BCUT2D eigenvalue weighted by Crippen LogP contribution is 2.39. The summed E-state index contributed by atoms with van der Waals surface area (Å²) in [5.41, 5.74) is 3.12. The first-order chi connectivity index (χ1) is 11.7. The highest BCUT2D eigenvalue weighted by molar-refractivity contribution is 5.45. The smallest absolute Gasteiger partial charge is 0.162 e. The molecule has 1 atom stereocenters. The number of hydrogen-bond acceptors (Lipinski definition) is 5. The Kier molecular flexibility index (Phi) is 5.09. The molecule has 130 valence electrons. The van der Waals surface area contributed by atoms with E-state index in [-0.39, 0.29) is 5.75 Å². The van der Waals surface area contributed by atoms with Gasteiger partial charge < -0.3 is 14.4 Å². The first-order valence-electron chi connectivity index (χ1n) is 8.78. The maximum atomic E-state index is 10.5. The first kappa shape index (κ1) is 16.8. The summed E-state index contributed by atoms with van der Waals surface area (Å²) >= 11 is 0. The average molecular weight is 330 g/mol. The Balaban J connectivity index is 1.85. The monoisotopic (exact) mass is 330 g/mol. The van der Waals surface area contributed by atoms with Crippen LogP contribution in [0.3, 0.4) is 0 Å². The average Bonchev–Trinajstić information content (AvgIpc) is 3.17. The van der Waals surface area contributed by atoms with Gasteiger partial charge in [0, 0.05) is 30.1 Å². The molecule has 1 aromatic carbocycles. The van der Waals surface area contributed by atoms with Gasteiger partial charge in [0.25, 0.3) is 0 Å². The molecule has 1 aliphatic rings. The fourth-order valence-electron chi connectivity index (χ4n) is 3.63. The highest BCUT2D eigenvalue weighted by atomic mass is 16.5. The van der Waals surface area contributed by atoms with E-state index in [1.54, 1.807) is 0 Å². The molecule has 5 heteroatoms. The van der Waals surface area contributed by atoms with Crippen LogP contribution in [0.4, 0.5) is 0 Å². The second kappa shape index (κ2) is 7.26. The van der Waals surface area contributed by atoms with Crippen molar-refractivity contribution >= 4 is 0 Å². The quantitative estimate of drug-likeness (QED) is 0.868. The third-order valence-corrected chi connectivity index (χ3v) is 4.76. The van der Waals surface area contributed by atoms with Crippen molar-refractivity contribution in [1.29, 1.82) is 0 Å². The molecule has 2 aromatic rings. The van der Waals surface area contributed by atoms with E-state index < -0.39 is 0 Å². The van der Waals surface area contributed by atoms with Crippen molar-refractivity contribution in [3.05, 3.63) is 40.8 Å². The Morgan fingerprint density at radius 3 is 2.96 bits per heavy atom. The first-order valence-corrected chi connectivity index (χ1v) is 8.78. The molecule has 1 saturated heterocycles. The van der Waals surface area contributed by atoms with Crippen LogP contribution in [0.15, 0.2) is 22.7 Å². The molecular weight excluding hydrogens is 304 g/mol. The number of aromatic nitrogens is 1. The normalized spacial score (nSPS) is 18.2. The maximum Gasteiger partial charge on any atom is 0.162 e. The van der Waals surface area contributed by atoms with Gasteiger partial charge >= 0.3 is 0 Å². The van der Waals surface area contributed by atoms with Crippen LogP contribution in [0.25, 0.3) is 0 Å². The number of para-hydroxylation sites is 1. The number of phenolic OH excluding ortho intramolecular Hbond substituents is 1. The number of nitrogens with zero attached hydrogens (tertiary/aromatic N) is 2. The van der Waals surface area contributed by atoms with Gasteiger partial charge in [-0.05, 0) is 39.3 Å². The molecule has 0 bridgehead atoms. The second-order valence-corrected chi connectivity index (χ2v) is 6.28. The van der Waals surface area contributed by atoms with Crippen LogP contribution in [-0.4, -0.2) is 28.3 Å². The minimum absolute atomic E-state index is 0.253. The zero-order valence-electron chi connectivity index (χ0n) is 14.7. The maximum absolute atomic E-state index is 10.5. The largest absolute Gasteiger partial charge is 0.504 e. The van der Waals surface area contributed by atoms with E-state index in [1.807, 2.05) is 32.0 Å². The van der Waals surface area contributed by atoms with E-state index in [0.29, 0.717) is 24.9 Å². The summed E-state index contributed by atoms with van der Waals surface area (Å²) in [6.45, 7) is 8.29. The third kappa shape index (κ3) is 3.13. The highest BCUT2D eigenvalue weighted by Gasteiger charge is 2.31. The second-order valence-electron chi connectivity index (χ2n) is 6.28. The fraction of sp³-hybridized carbons (Fsp3) is 0.526. The molecule has 2 heterocycles. The molecule has 3 rings (SSSR count). The number of aromatic hydroxyl groups is 1. The van der Waals surface area contributed by atoms with Gasteiger partial charge in [-0.3, -0.25) is 4.90 Å². The topological polar surface area (TPSA) is 58.7 Å². The fourth-order valence-corrected chi connectivity index (χ4v) is 3.63. The molecule has 0 unspecified atom stereocenters. The van der Waals surface area contributed by atoms with Crippen LogP contribution in [0.1, 0.15) is 55.3 Å². The predicted octanol–water partition coefficient (Wildman–Crippen LogP) is 3.99. The van der Waals surface area contributed by atoms with Crippen LogP contribution in [-0.2, 0) is 13.0 Å². The summed E-state index contributed by atoms with van der Waals surface area (Å²) in [4.78, 5) is 2.41. The van der Waals surface area contributed by atoms with E-state index >= 15 is 0 Å². The predicted molar refractivity (Wildman–Crippen MR) is 92.3 cm³/mol. The SMILES string of the molecule is CCOc1cccc(CN2CCC[C@H]2c2c(C)noc2CC)c1O. The van der Waals surface area contributed by atoms with Crippen molar-refractivity contribution in [2.75, 3.05) is 13.2 Å². The van der Waals surface area contributed by atoms with Gasteiger partial charge in [-0.1, -0.05) is 24.2 Å². The van der Waals surface area contributed by atoms with Crippen molar-refractivity contribution < 1.29 is 14.4 Å². The zero-order chi connectivity index (χ0) is 17.1. The minimum Gasteiger partial charge on any atom is -0.504 e. The van der Waals surface area contributed by atoms with E-state index in [2.05, 4.69) is 17.0 Å². The van der Waals surface area contributed by atoms with Gasteiger partial charge in [0.15, 0.2) is 11.5 Å². The lowest BCUT2D eigenvalue weighted by molar-refractivity contribution is 0.240. The standard InChI is InChI=1S/C19H26N2O3/c1-4-16-18(13(3)20-24-16)15-9-7-11-21(15)12-14-8-6-10-17(19(14)22)23-5-2/h6,8,10,15,22H,4-5,7,9,11-12H2,1-3H3/t15-/m0/s1. The Morgan fingerprint density at radius 2 is 2.21 bits per heavy atom. The van der Waals surface area contributed by atoms with Crippen LogP contribution in [0, 0.1) is 6.92 Å². The summed E-state index contributed by atoms with van der Waals surface area (Å²) in [5.74, 6) is 1.79. The molecule has 1 fully saturated rings. The van der Waals surface area contributed by atoms with E-state index in [9.17, 15) is 5.11 Å². The lowest BCUT2D eigenvalue weighted by Gasteiger charge is -2.25. The Hall–Kier alpha value is -2.01. The molecule has 0 radical (unpaired) electrons. The van der Waals surface area contributed by atoms with Crippen molar-refractivity contribution in [3.63, 3.8) is 0 Å². The van der Waals surface area contributed by atoms with Gasteiger partial charge in [0.1, 0.15) is 5.76 Å². The van der Waals surface area contributed by atoms with E-state index in [0.717, 1.165) is 42.8 Å². The van der Waals surface area contributed by atoms with Crippen molar-refractivity contribution in [1.82, 2.24) is 10.1 Å². The lowest BCUT2D eigenvalue weighted by Crippen LogP contribution is -2.23. The summed E-state index contributed by atoms with van der Waals surface area (Å²) < 4.78 is 11.0. The Labute approximate surface area is 143 Å². The van der Waals surface area contributed by atoms with Gasteiger partial charge in [0.05, 0.1) is 12.3 Å². The lowest BCUT2D eigenvalue weighted by atomic mass is 10.0. The molecule has 1 aliphatic heterocycles. The van der Waals surface area contributed by atoms with Gasteiger partial charge in [-0.25, -0.2) is 0 Å². The van der Waals surface area contributed by atoms with Crippen LogP contribution >= 0.6 is 0 Å². The number of aryl methyl sites for hydroxylation is 2. The van der Waals surface area contributed by atoms with E-state index in [4.69, 9.17) is 9.26 Å². The van der Waals surface area contributed by atoms with E-state index in [1.165, 1.54) is 5.56 Å². The molecule has 1 N–H and O–H groups in total. The van der Waals surface area contributed by atoms with Gasteiger partial charge in [0.2, 0.25) is 0 Å². The zero-order valence-corrected chi connectivity index (χ0v) is 14.7. The number of ether oxygens (including phenoxy) is 1. The van der Waals surface area contributed by atoms with Crippen LogP contribution in [0.2, 0.25) is 0 Å². The summed E-state index contributed by atoms with van der Waals surface area (Å²) in [7, 11) is 0. The van der Waals surface area contributed by atoms with Crippen molar-refractivity contribution in [3.8, 4) is 11.5 Å². The number of rotatable bonds is 6. The third-order valence-electron chi connectivity index (χ3n) is 4.76. The molecule has 0 aliphatic carbocycles. The van der Waals surface area contributed by atoms with Gasteiger partial charge in [-0.2, -0.15) is 0 Å². The number of likely N-dealkylation sites (tertiary alicyclic amines) is 1. The van der Waals surface area contributed by atoms with Crippen molar-refractivity contribution in [2.45, 2.75) is 52.6 Å². The molecule has 0 saturated carbocycles.